The Kier molecular flexibility index (Phi) is 2.39. The van der Waals surface area contributed by atoms with Crippen molar-refractivity contribution >= 4 is 23.5 Å². The smallest absolute Gasteiger partial charge is 0.228 e. The average molecular weight is 248 g/mol. The van der Waals surface area contributed by atoms with Gasteiger partial charge in [0.2, 0.25) is 11.8 Å². The Bertz CT molecular complexity index is 530. The van der Waals surface area contributed by atoms with E-state index in [9.17, 15) is 9.59 Å². The number of rotatable bonds is 2. The first-order valence-electron chi connectivity index (χ1n) is 6.24. The van der Waals surface area contributed by atoms with Crippen molar-refractivity contribution in [3.05, 3.63) is 5.56 Å². The summed E-state index contributed by atoms with van der Waals surface area (Å²) in [5.41, 5.74) is 0.929. The lowest BCUT2D eigenvalue weighted by Gasteiger charge is -2.19. The van der Waals surface area contributed by atoms with E-state index in [4.69, 9.17) is 0 Å². The number of hydrogen-bond donors (Lipinski definition) is 2. The summed E-state index contributed by atoms with van der Waals surface area (Å²) in [6.07, 6.45) is 2.55. The monoisotopic (exact) mass is 248 g/mol. The topological polar surface area (TPSA) is 76.0 Å². The Morgan fingerprint density at radius 3 is 2.89 bits per heavy atom. The molecule has 1 aliphatic heterocycles. The number of fused-ring (bicyclic) bond motifs is 1. The van der Waals surface area contributed by atoms with E-state index in [2.05, 4.69) is 15.7 Å². The predicted molar refractivity (Wildman–Crippen MR) is 66.1 cm³/mol. The van der Waals surface area contributed by atoms with Crippen LogP contribution in [-0.2, 0) is 23.1 Å². The molecule has 0 bridgehead atoms. The second-order valence-corrected chi connectivity index (χ2v) is 5.16. The molecular weight excluding hydrogens is 232 g/mol. The number of aromatic nitrogens is 2. The van der Waals surface area contributed by atoms with Crippen molar-refractivity contribution in [1.82, 2.24) is 9.78 Å². The van der Waals surface area contributed by atoms with Gasteiger partial charge < -0.3 is 10.6 Å². The second kappa shape index (κ2) is 3.83. The third-order valence-corrected chi connectivity index (χ3v) is 3.53. The van der Waals surface area contributed by atoms with Crippen molar-refractivity contribution in [1.29, 1.82) is 0 Å². The van der Waals surface area contributed by atoms with Gasteiger partial charge in [0, 0.05) is 24.4 Å². The molecule has 2 heterocycles. The lowest BCUT2D eigenvalue weighted by Crippen LogP contribution is -2.28. The van der Waals surface area contributed by atoms with Gasteiger partial charge in [-0.25, -0.2) is 0 Å². The van der Waals surface area contributed by atoms with Crippen LogP contribution in [0.4, 0.5) is 11.6 Å². The third kappa shape index (κ3) is 1.77. The second-order valence-electron chi connectivity index (χ2n) is 5.16. The lowest BCUT2D eigenvalue weighted by molar-refractivity contribution is -0.119. The minimum absolute atomic E-state index is 0.00516. The molecule has 6 nitrogen and oxygen atoms in total. The van der Waals surface area contributed by atoms with E-state index in [0.29, 0.717) is 18.1 Å². The molecule has 0 radical (unpaired) electrons. The molecule has 3 rings (SSSR count). The van der Waals surface area contributed by atoms with Crippen molar-refractivity contribution < 1.29 is 9.59 Å². The Labute approximate surface area is 105 Å². The van der Waals surface area contributed by atoms with Crippen molar-refractivity contribution in [3.8, 4) is 0 Å². The summed E-state index contributed by atoms with van der Waals surface area (Å²) in [6.45, 7) is 1.87. The van der Waals surface area contributed by atoms with Crippen molar-refractivity contribution in [2.75, 3.05) is 10.6 Å². The van der Waals surface area contributed by atoms with Crippen LogP contribution in [0.3, 0.4) is 0 Å². The SMILES string of the molecule is C[C@@H]1Cc2c(NC(=O)C3CC3)nn(C)c2NC1=O. The molecular formula is C12H16N4O2. The highest BCUT2D eigenvalue weighted by atomic mass is 16.2. The van der Waals surface area contributed by atoms with Crippen LogP contribution in [0, 0.1) is 11.8 Å². The molecule has 18 heavy (non-hydrogen) atoms. The first kappa shape index (κ1) is 11.3. The number of nitrogens with one attached hydrogen (secondary N) is 2. The minimum Gasteiger partial charge on any atom is -0.310 e. The molecule has 2 N–H and O–H groups in total. The first-order chi connectivity index (χ1) is 8.56. The van der Waals surface area contributed by atoms with E-state index < -0.39 is 0 Å². The molecule has 1 fully saturated rings. The number of carbonyl (C=O) groups excluding carboxylic acids is 2. The Morgan fingerprint density at radius 2 is 2.22 bits per heavy atom. The molecule has 0 saturated heterocycles. The molecule has 1 aromatic heterocycles. The summed E-state index contributed by atoms with van der Waals surface area (Å²) < 4.78 is 1.61. The Hall–Kier alpha value is -1.85. The molecule has 2 aliphatic rings. The van der Waals surface area contributed by atoms with Gasteiger partial charge in [-0.15, -0.1) is 0 Å². The van der Waals surface area contributed by atoms with Crippen LogP contribution in [0.15, 0.2) is 0 Å². The summed E-state index contributed by atoms with van der Waals surface area (Å²) in [7, 11) is 1.77. The standard InChI is InChI=1S/C12H16N4O2/c1-6-5-8-9(13-12(18)7-3-4-7)15-16(2)10(8)14-11(6)17/h6-7H,3-5H2,1-2H3,(H,14,17)(H,13,15,18)/t6-/m1/s1. The van der Waals surface area contributed by atoms with Crippen LogP contribution in [-0.4, -0.2) is 21.6 Å². The summed E-state index contributed by atoms with van der Waals surface area (Å²) >= 11 is 0. The third-order valence-electron chi connectivity index (χ3n) is 3.53. The number of anilines is 2. The maximum Gasteiger partial charge on any atom is 0.228 e. The van der Waals surface area contributed by atoms with Crippen LogP contribution in [0.1, 0.15) is 25.3 Å². The molecule has 0 aromatic carbocycles. The summed E-state index contributed by atoms with van der Waals surface area (Å²) in [6, 6.07) is 0. The Balaban J connectivity index is 1.89. The highest BCUT2D eigenvalue weighted by Crippen LogP contribution is 2.34. The van der Waals surface area contributed by atoms with E-state index >= 15 is 0 Å². The van der Waals surface area contributed by atoms with Gasteiger partial charge in [-0.3, -0.25) is 14.3 Å². The van der Waals surface area contributed by atoms with Gasteiger partial charge >= 0.3 is 0 Å². The van der Waals surface area contributed by atoms with Crippen molar-refractivity contribution in [3.63, 3.8) is 0 Å². The van der Waals surface area contributed by atoms with Gasteiger partial charge in [0.1, 0.15) is 5.82 Å². The maximum atomic E-state index is 11.8. The fourth-order valence-corrected chi connectivity index (χ4v) is 2.22. The highest BCUT2D eigenvalue weighted by molar-refractivity contribution is 5.98. The zero-order valence-electron chi connectivity index (χ0n) is 10.5. The van der Waals surface area contributed by atoms with Crippen LogP contribution in [0.2, 0.25) is 0 Å². The highest BCUT2D eigenvalue weighted by Gasteiger charge is 2.33. The normalized spacial score (nSPS) is 22.3. The number of aryl methyl sites for hydroxylation is 1. The van der Waals surface area contributed by atoms with Gasteiger partial charge in [-0.05, 0) is 19.3 Å². The van der Waals surface area contributed by atoms with Gasteiger partial charge in [0.15, 0.2) is 5.82 Å². The van der Waals surface area contributed by atoms with E-state index in [0.717, 1.165) is 18.4 Å². The van der Waals surface area contributed by atoms with Crippen LogP contribution in [0.25, 0.3) is 0 Å². The zero-order chi connectivity index (χ0) is 12.9. The number of carbonyl (C=O) groups is 2. The average Bonchev–Trinajstić information content (AvgIpc) is 3.11. The van der Waals surface area contributed by atoms with Crippen LogP contribution in [0.5, 0.6) is 0 Å². The lowest BCUT2D eigenvalue weighted by atomic mass is 9.98. The maximum absolute atomic E-state index is 11.8. The van der Waals surface area contributed by atoms with Gasteiger partial charge in [-0.2, -0.15) is 5.10 Å². The van der Waals surface area contributed by atoms with E-state index in [1.165, 1.54) is 0 Å². The molecule has 2 amide bonds. The molecule has 6 heteroatoms. The summed E-state index contributed by atoms with van der Waals surface area (Å²) in [5, 5.41) is 9.97. The molecule has 1 saturated carbocycles. The fourth-order valence-electron chi connectivity index (χ4n) is 2.22. The molecule has 1 aliphatic carbocycles. The predicted octanol–water partition coefficient (Wildman–Crippen LogP) is 0.899. The molecule has 1 atom stereocenters. The minimum atomic E-state index is -0.0849. The number of nitrogens with zero attached hydrogens (tertiary/aromatic N) is 2. The van der Waals surface area contributed by atoms with E-state index in [1.54, 1.807) is 11.7 Å². The largest absolute Gasteiger partial charge is 0.310 e. The molecule has 96 valence electrons. The van der Waals surface area contributed by atoms with E-state index in [1.807, 2.05) is 6.92 Å². The van der Waals surface area contributed by atoms with Crippen molar-refractivity contribution in [2.24, 2.45) is 18.9 Å². The number of hydrogen-bond acceptors (Lipinski definition) is 3. The fraction of sp³-hybridized carbons (Fsp3) is 0.583. The van der Waals surface area contributed by atoms with Gasteiger partial charge in [0.25, 0.3) is 0 Å². The quantitative estimate of drug-likeness (QED) is 0.816. The first-order valence-corrected chi connectivity index (χ1v) is 6.24. The van der Waals surface area contributed by atoms with Crippen LogP contribution < -0.4 is 10.6 Å². The summed E-state index contributed by atoms with van der Waals surface area (Å²) in [4.78, 5) is 23.4. The van der Waals surface area contributed by atoms with Crippen LogP contribution >= 0.6 is 0 Å². The Morgan fingerprint density at radius 1 is 1.50 bits per heavy atom. The number of amides is 2. The zero-order valence-corrected chi connectivity index (χ0v) is 10.5. The molecule has 0 spiro atoms. The summed E-state index contributed by atoms with van der Waals surface area (Å²) in [5.74, 6) is 1.41. The van der Waals surface area contributed by atoms with E-state index in [-0.39, 0.29) is 23.7 Å². The molecule has 1 aromatic rings. The van der Waals surface area contributed by atoms with Crippen molar-refractivity contribution in [2.45, 2.75) is 26.2 Å². The van der Waals surface area contributed by atoms with Gasteiger partial charge in [-0.1, -0.05) is 6.92 Å². The molecule has 0 unspecified atom stereocenters. The van der Waals surface area contributed by atoms with Gasteiger partial charge in [0.05, 0.1) is 0 Å².